The van der Waals surface area contributed by atoms with Crippen molar-refractivity contribution in [3.8, 4) is 0 Å². The molecule has 5 heteroatoms. The Hall–Kier alpha value is -1.49. The van der Waals surface area contributed by atoms with E-state index in [1.165, 1.54) is 0 Å². The zero-order chi connectivity index (χ0) is 11.3. The summed E-state index contributed by atoms with van der Waals surface area (Å²) in [6.07, 6.45) is 0. The van der Waals surface area contributed by atoms with Gasteiger partial charge in [-0.25, -0.2) is 4.79 Å². The molecule has 0 fully saturated rings. The van der Waals surface area contributed by atoms with Crippen LogP contribution < -0.4 is 0 Å². The predicted molar refractivity (Wildman–Crippen MR) is 48.7 cm³/mol. The van der Waals surface area contributed by atoms with E-state index in [4.69, 9.17) is 5.11 Å². The number of carboxylic acids is 1. The molecule has 0 atom stereocenters. The van der Waals surface area contributed by atoms with Crippen molar-refractivity contribution < 1.29 is 23.4 Å². The van der Waals surface area contributed by atoms with Crippen LogP contribution in [0, 0.1) is 0 Å². The van der Waals surface area contributed by atoms with Crippen molar-refractivity contribution in [3.05, 3.63) is 35.9 Å². The second-order valence-electron chi connectivity index (χ2n) is 2.99. The van der Waals surface area contributed by atoms with Gasteiger partial charge in [-0.3, -0.25) is 0 Å². The lowest BCUT2D eigenvalue weighted by atomic mass is 10.2. The normalized spacial score (nSPS) is 11.3. The topological polar surface area (TPSA) is 46.5 Å². The number of carboxylic acid groups (broad SMARTS) is 1. The molecule has 3 nitrogen and oxygen atoms in total. The lowest BCUT2D eigenvalue weighted by Gasteiger charge is -2.11. The minimum atomic E-state index is -3.82. The minimum Gasteiger partial charge on any atom is -0.477 e. The van der Waals surface area contributed by atoms with Gasteiger partial charge in [-0.05, 0) is 5.56 Å². The van der Waals surface area contributed by atoms with Gasteiger partial charge in [0, 0.05) is 0 Å². The Morgan fingerprint density at radius 1 is 1.33 bits per heavy atom. The van der Waals surface area contributed by atoms with Gasteiger partial charge >= 0.3 is 11.9 Å². The Balaban J connectivity index is 2.37. The van der Waals surface area contributed by atoms with Gasteiger partial charge in [0.25, 0.3) is 0 Å². The lowest BCUT2D eigenvalue weighted by molar-refractivity contribution is -0.174. The molecule has 0 saturated heterocycles. The molecule has 15 heavy (non-hydrogen) atoms. The zero-order valence-electron chi connectivity index (χ0n) is 7.82. The number of rotatable bonds is 5. The fourth-order valence-electron chi connectivity index (χ4n) is 0.933. The SMILES string of the molecule is O=C(O)C(F)(F)COCc1ccccc1. The van der Waals surface area contributed by atoms with Gasteiger partial charge in [-0.2, -0.15) is 8.78 Å². The van der Waals surface area contributed by atoms with Gasteiger partial charge in [0.2, 0.25) is 0 Å². The van der Waals surface area contributed by atoms with E-state index in [0.29, 0.717) is 0 Å². The van der Waals surface area contributed by atoms with Gasteiger partial charge < -0.3 is 9.84 Å². The Bertz CT molecular complexity index is 325. The van der Waals surface area contributed by atoms with Crippen molar-refractivity contribution in [2.45, 2.75) is 12.5 Å². The number of alkyl halides is 2. The largest absolute Gasteiger partial charge is 0.477 e. The molecular weight excluding hydrogens is 206 g/mol. The van der Waals surface area contributed by atoms with E-state index < -0.39 is 18.5 Å². The first-order valence-electron chi connectivity index (χ1n) is 4.25. The maximum atomic E-state index is 12.5. The van der Waals surface area contributed by atoms with Gasteiger partial charge in [0.05, 0.1) is 6.61 Å². The maximum Gasteiger partial charge on any atom is 0.377 e. The van der Waals surface area contributed by atoms with E-state index >= 15 is 0 Å². The van der Waals surface area contributed by atoms with Crippen molar-refractivity contribution in [1.29, 1.82) is 0 Å². The summed E-state index contributed by atoms with van der Waals surface area (Å²) in [6.45, 7) is -1.14. The summed E-state index contributed by atoms with van der Waals surface area (Å²) in [5.74, 6) is -6.00. The van der Waals surface area contributed by atoms with E-state index in [2.05, 4.69) is 4.74 Å². The first-order chi connectivity index (χ1) is 7.02. The quantitative estimate of drug-likeness (QED) is 0.817. The van der Waals surface area contributed by atoms with Crippen LogP contribution in [0.25, 0.3) is 0 Å². The highest BCUT2D eigenvalue weighted by molar-refractivity contribution is 5.75. The summed E-state index contributed by atoms with van der Waals surface area (Å²) >= 11 is 0. The molecule has 0 radical (unpaired) electrons. The minimum absolute atomic E-state index is 0.0241. The highest BCUT2D eigenvalue weighted by Crippen LogP contribution is 2.14. The maximum absolute atomic E-state index is 12.5. The third-order valence-electron chi connectivity index (χ3n) is 1.71. The smallest absolute Gasteiger partial charge is 0.377 e. The van der Waals surface area contributed by atoms with Crippen LogP contribution in [0.15, 0.2) is 30.3 Å². The van der Waals surface area contributed by atoms with Crippen LogP contribution in [-0.2, 0) is 16.1 Å². The molecule has 0 aliphatic rings. The number of carbonyl (C=O) groups is 1. The molecule has 1 rings (SSSR count). The van der Waals surface area contributed by atoms with Crippen LogP contribution in [0.2, 0.25) is 0 Å². The number of hydrogen-bond donors (Lipinski definition) is 1. The standard InChI is InChI=1S/C10H10F2O3/c11-10(12,9(13)14)7-15-6-8-4-2-1-3-5-8/h1-5H,6-7H2,(H,13,14). The first-order valence-corrected chi connectivity index (χ1v) is 4.25. The average Bonchev–Trinajstić information content (AvgIpc) is 2.19. The lowest BCUT2D eigenvalue weighted by Crippen LogP contribution is -2.33. The molecule has 0 spiro atoms. The Labute approximate surface area is 85.3 Å². The molecule has 1 aromatic carbocycles. The van der Waals surface area contributed by atoms with E-state index in [-0.39, 0.29) is 6.61 Å². The van der Waals surface area contributed by atoms with Crippen molar-refractivity contribution in [2.24, 2.45) is 0 Å². The Kier molecular flexibility index (Phi) is 3.74. The third-order valence-corrected chi connectivity index (χ3v) is 1.71. The molecule has 0 unspecified atom stereocenters. The molecular formula is C10H10F2O3. The molecule has 0 aromatic heterocycles. The number of halogens is 2. The van der Waals surface area contributed by atoms with Crippen molar-refractivity contribution in [1.82, 2.24) is 0 Å². The second-order valence-corrected chi connectivity index (χ2v) is 2.99. The van der Waals surface area contributed by atoms with Gasteiger partial charge in [0.1, 0.15) is 6.61 Å². The number of benzene rings is 1. The first kappa shape index (κ1) is 11.6. The van der Waals surface area contributed by atoms with Crippen LogP contribution in [-0.4, -0.2) is 23.6 Å². The molecule has 0 aliphatic heterocycles. The average molecular weight is 216 g/mol. The van der Waals surface area contributed by atoms with Crippen LogP contribution in [0.4, 0.5) is 8.78 Å². The van der Waals surface area contributed by atoms with Crippen LogP contribution in [0.1, 0.15) is 5.56 Å². The number of aliphatic carboxylic acids is 1. The summed E-state index contributed by atoms with van der Waals surface area (Å²) in [4.78, 5) is 10.0. The van der Waals surface area contributed by atoms with Gasteiger partial charge in [-0.15, -0.1) is 0 Å². The molecule has 1 aromatic rings. The fraction of sp³-hybridized carbons (Fsp3) is 0.300. The zero-order valence-corrected chi connectivity index (χ0v) is 7.82. The summed E-state index contributed by atoms with van der Waals surface area (Å²) < 4.78 is 29.7. The number of ether oxygens (including phenoxy) is 1. The van der Waals surface area contributed by atoms with Crippen molar-refractivity contribution >= 4 is 5.97 Å². The van der Waals surface area contributed by atoms with Gasteiger partial charge in [0.15, 0.2) is 0 Å². The van der Waals surface area contributed by atoms with Crippen molar-refractivity contribution in [3.63, 3.8) is 0 Å². The van der Waals surface area contributed by atoms with Crippen molar-refractivity contribution in [2.75, 3.05) is 6.61 Å². The van der Waals surface area contributed by atoms with Crippen LogP contribution in [0.3, 0.4) is 0 Å². The van der Waals surface area contributed by atoms with Gasteiger partial charge in [-0.1, -0.05) is 30.3 Å². The van der Waals surface area contributed by atoms with E-state index in [1.807, 2.05) is 0 Å². The second kappa shape index (κ2) is 4.84. The molecule has 0 aliphatic carbocycles. The molecule has 0 saturated carbocycles. The highest BCUT2D eigenvalue weighted by Gasteiger charge is 2.39. The highest BCUT2D eigenvalue weighted by atomic mass is 19.3. The summed E-state index contributed by atoms with van der Waals surface area (Å²) in [5.41, 5.74) is 0.721. The van der Waals surface area contributed by atoms with Crippen LogP contribution in [0.5, 0.6) is 0 Å². The summed E-state index contributed by atoms with van der Waals surface area (Å²) in [7, 11) is 0. The fourth-order valence-corrected chi connectivity index (χ4v) is 0.933. The monoisotopic (exact) mass is 216 g/mol. The Morgan fingerprint density at radius 3 is 2.47 bits per heavy atom. The molecule has 1 N–H and O–H groups in total. The molecule has 0 bridgehead atoms. The number of hydrogen-bond acceptors (Lipinski definition) is 2. The molecule has 0 amide bonds. The molecule has 82 valence electrons. The van der Waals surface area contributed by atoms with E-state index in [9.17, 15) is 13.6 Å². The Morgan fingerprint density at radius 2 is 1.93 bits per heavy atom. The summed E-state index contributed by atoms with van der Waals surface area (Å²) in [5, 5.41) is 8.11. The molecule has 0 heterocycles. The van der Waals surface area contributed by atoms with Crippen LogP contribution >= 0.6 is 0 Å². The summed E-state index contributed by atoms with van der Waals surface area (Å²) in [6, 6.07) is 8.69. The van der Waals surface area contributed by atoms with E-state index in [0.717, 1.165) is 5.56 Å². The predicted octanol–water partition coefficient (Wildman–Crippen LogP) is 1.92. The van der Waals surface area contributed by atoms with E-state index in [1.54, 1.807) is 30.3 Å². The third kappa shape index (κ3) is 3.63.